The van der Waals surface area contributed by atoms with Gasteiger partial charge in [-0.25, -0.2) is 9.99 Å². The van der Waals surface area contributed by atoms with Crippen LogP contribution in [0.2, 0.25) is 0 Å². The first-order chi connectivity index (χ1) is 14.1. The number of hydrogen-bond acceptors (Lipinski definition) is 7. The summed E-state index contributed by atoms with van der Waals surface area (Å²) < 4.78 is 16.1. The molecule has 0 unspecified atom stereocenters. The van der Waals surface area contributed by atoms with E-state index < -0.39 is 0 Å². The van der Waals surface area contributed by atoms with Gasteiger partial charge in [-0.2, -0.15) is 5.10 Å². The number of thiazole rings is 1. The highest BCUT2D eigenvalue weighted by atomic mass is 32.1. The molecule has 29 heavy (non-hydrogen) atoms. The lowest BCUT2D eigenvalue weighted by atomic mass is 10.0. The lowest BCUT2D eigenvalue weighted by molar-refractivity contribution is 0.354. The van der Waals surface area contributed by atoms with E-state index in [1.54, 1.807) is 32.7 Å². The lowest BCUT2D eigenvalue weighted by Crippen LogP contribution is -2.18. The number of hydrogen-bond donors (Lipinski definition) is 0. The smallest absolute Gasteiger partial charge is 0.207 e. The number of nitrogens with zero attached hydrogens (tertiary/aromatic N) is 3. The Morgan fingerprint density at radius 2 is 1.72 bits per heavy atom. The van der Waals surface area contributed by atoms with Crippen molar-refractivity contribution in [1.29, 1.82) is 0 Å². The first kappa shape index (κ1) is 19.3. The molecule has 0 amide bonds. The van der Waals surface area contributed by atoms with Gasteiger partial charge in [0.2, 0.25) is 5.13 Å². The average Bonchev–Trinajstić information content (AvgIpc) is 3.40. The quantitative estimate of drug-likeness (QED) is 0.563. The summed E-state index contributed by atoms with van der Waals surface area (Å²) in [6, 6.07) is 14.0. The minimum atomic E-state index is 0.0738. The van der Waals surface area contributed by atoms with Gasteiger partial charge in [0.1, 0.15) is 5.75 Å². The van der Waals surface area contributed by atoms with E-state index >= 15 is 0 Å². The molecule has 0 saturated heterocycles. The Balaban J connectivity index is 1.64. The number of rotatable bonds is 6. The molecule has 0 radical (unpaired) electrons. The molecule has 0 saturated carbocycles. The SMILES string of the molecule is COc1ccc(-c2csc(N3N=C(C)C[C@H]3c3ccc(OC)c(OC)c3)n2)cc1. The van der Waals surface area contributed by atoms with E-state index in [0.29, 0.717) is 5.75 Å². The highest BCUT2D eigenvalue weighted by Gasteiger charge is 2.30. The molecule has 4 rings (SSSR count). The molecule has 0 N–H and O–H groups in total. The molecule has 0 spiro atoms. The van der Waals surface area contributed by atoms with E-state index in [1.807, 2.05) is 48.3 Å². The molecular weight excluding hydrogens is 386 g/mol. The molecule has 2 heterocycles. The molecule has 7 heteroatoms. The minimum Gasteiger partial charge on any atom is -0.497 e. The van der Waals surface area contributed by atoms with Crippen molar-refractivity contribution in [1.82, 2.24) is 4.98 Å². The number of anilines is 1. The zero-order chi connectivity index (χ0) is 20.4. The van der Waals surface area contributed by atoms with Crippen molar-refractivity contribution < 1.29 is 14.2 Å². The summed E-state index contributed by atoms with van der Waals surface area (Å²) >= 11 is 1.59. The van der Waals surface area contributed by atoms with Crippen molar-refractivity contribution in [3.63, 3.8) is 0 Å². The van der Waals surface area contributed by atoms with Gasteiger partial charge in [0.25, 0.3) is 0 Å². The van der Waals surface area contributed by atoms with Crippen LogP contribution in [-0.2, 0) is 0 Å². The summed E-state index contributed by atoms with van der Waals surface area (Å²) in [7, 11) is 4.96. The van der Waals surface area contributed by atoms with E-state index in [9.17, 15) is 0 Å². The Bertz CT molecular complexity index is 1030. The van der Waals surface area contributed by atoms with Crippen molar-refractivity contribution >= 4 is 22.2 Å². The van der Waals surface area contributed by atoms with Crippen molar-refractivity contribution in [3.05, 3.63) is 53.4 Å². The standard InChI is InChI=1S/C22H23N3O3S/c1-14-11-19(16-7-10-20(27-3)21(12-16)28-4)25(24-14)22-23-18(13-29-22)15-5-8-17(26-2)9-6-15/h5-10,12-13,19H,11H2,1-4H3/t19-/m0/s1. The van der Waals surface area contributed by atoms with E-state index in [1.165, 1.54) is 0 Å². The summed E-state index contributed by atoms with van der Waals surface area (Å²) in [4.78, 5) is 4.85. The normalized spacial score (nSPS) is 15.9. The van der Waals surface area contributed by atoms with Crippen LogP contribution < -0.4 is 19.2 Å². The maximum absolute atomic E-state index is 5.48. The Morgan fingerprint density at radius 3 is 2.41 bits per heavy atom. The number of benzene rings is 2. The van der Waals surface area contributed by atoms with E-state index in [4.69, 9.17) is 24.3 Å². The Hall–Kier alpha value is -3.06. The summed E-state index contributed by atoms with van der Waals surface area (Å²) in [5.41, 5.74) is 4.17. The molecule has 3 aromatic rings. The minimum absolute atomic E-state index is 0.0738. The number of aromatic nitrogens is 1. The van der Waals surface area contributed by atoms with Crippen LogP contribution in [0.25, 0.3) is 11.3 Å². The summed E-state index contributed by atoms with van der Waals surface area (Å²) in [6.45, 7) is 2.05. The van der Waals surface area contributed by atoms with E-state index in [0.717, 1.165) is 45.6 Å². The zero-order valence-corrected chi connectivity index (χ0v) is 17.7. The fraction of sp³-hybridized carbons (Fsp3) is 0.273. The third kappa shape index (κ3) is 3.78. The van der Waals surface area contributed by atoms with Gasteiger partial charge in [0.05, 0.1) is 33.1 Å². The molecule has 1 atom stereocenters. The monoisotopic (exact) mass is 409 g/mol. The topological polar surface area (TPSA) is 56.2 Å². The molecular formula is C22H23N3O3S. The van der Waals surface area contributed by atoms with Crippen LogP contribution in [0.4, 0.5) is 5.13 Å². The second-order valence-electron chi connectivity index (χ2n) is 6.76. The van der Waals surface area contributed by atoms with Gasteiger partial charge in [-0.1, -0.05) is 6.07 Å². The van der Waals surface area contributed by atoms with E-state index in [-0.39, 0.29) is 6.04 Å². The van der Waals surface area contributed by atoms with Gasteiger partial charge in [-0.05, 0) is 48.9 Å². The molecule has 0 fully saturated rings. The molecule has 1 aliphatic heterocycles. The number of methoxy groups -OCH3 is 3. The Morgan fingerprint density at radius 1 is 0.966 bits per heavy atom. The van der Waals surface area contributed by atoms with Crippen molar-refractivity contribution in [3.8, 4) is 28.5 Å². The van der Waals surface area contributed by atoms with Gasteiger partial charge in [0.15, 0.2) is 11.5 Å². The van der Waals surface area contributed by atoms with Crippen LogP contribution in [-0.4, -0.2) is 32.0 Å². The van der Waals surface area contributed by atoms with Gasteiger partial charge in [-0.15, -0.1) is 11.3 Å². The summed E-state index contributed by atoms with van der Waals surface area (Å²) in [5, 5.41) is 9.69. The highest BCUT2D eigenvalue weighted by Crippen LogP contribution is 2.40. The van der Waals surface area contributed by atoms with Crippen LogP contribution >= 0.6 is 11.3 Å². The van der Waals surface area contributed by atoms with Crippen molar-refractivity contribution in [2.24, 2.45) is 5.10 Å². The molecule has 6 nitrogen and oxygen atoms in total. The van der Waals surface area contributed by atoms with E-state index in [2.05, 4.69) is 11.4 Å². The fourth-order valence-electron chi connectivity index (χ4n) is 3.42. The predicted octanol–water partition coefficient (Wildman–Crippen LogP) is 5.16. The first-order valence-corrected chi connectivity index (χ1v) is 10.2. The van der Waals surface area contributed by atoms with Gasteiger partial charge in [0, 0.05) is 23.1 Å². The van der Waals surface area contributed by atoms with Gasteiger partial charge in [-0.3, -0.25) is 0 Å². The molecule has 1 aliphatic rings. The van der Waals surface area contributed by atoms with Crippen LogP contribution in [0.1, 0.15) is 24.9 Å². The predicted molar refractivity (Wildman–Crippen MR) is 117 cm³/mol. The highest BCUT2D eigenvalue weighted by molar-refractivity contribution is 7.14. The zero-order valence-electron chi connectivity index (χ0n) is 16.9. The molecule has 0 aliphatic carbocycles. The molecule has 0 bridgehead atoms. The third-order valence-corrected chi connectivity index (χ3v) is 5.76. The lowest BCUT2D eigenvalue weighted by Gasteiger charge is -2.22. The van der Waals surface area contributed by atoms with Crippen LogP contribution in [0.3, 0.4) is 0 Å². The maximum atomic E-state index is 5.48. The summed E-state index contributed by atoms with van der Waals surface area (Å²) in [5.74, 6) is 2.26. The van der Waals surface area contributed by atoms with Crippen molar-refractivity contribution in [2.75, 3.05) is 26.3 Å². The molecule has 150 valence electrons. The largest absolute Gasteiger partial charge is 0.497 e. The number of ether oxygens (including phenoxy) is 3. The fourth-order valence-corrected chi connectivity index (χ4v) is 4.25. The number of hydrazone groups is 1. The third-order valence-electron chi connectivity index (χ3n) is 4.93. The molecule has 2 aromatic carbocycles. The Kier molecular flexibility index (Phi) is 5.40. The van der Waals surface area contributed by atoms with Crippen LogP contribution in [0.5, 0.6) is 17.2 Å². The van der Waals surface area contributed by atoms with Gasteiger partial charge >= 0.3 is 0 Å². The summed E-state index contributed by atoms with van der Waals surface area (Å²) in [6.07, 6.45) is 0.840. The van der Waals surface area contributed by atoms with Crippen molar-refractivity contribution in [2.45, 2.75) is 19.4 Å². The second kappa shape index (κ2) is 8.13. The Labute approximate surface area is 174 Å². The molecule has 1 aromatic heterocycles. The van der Waals surface area contributed by atoms with Crippen LogP contribution in [0.15, 0.2) is 52.9 Å². The van der Waals surface area contributed by atoms with Crippen LogP contribution in [0, 0.1) is 0 Å². The second-order valence-corrected chi connectivity index (χ2v) is 7.59. The first-order valence-electron chi connectivity index (χ1n) is 9.28. The maximum Gasteiger partial charge on any atom is 0.207 e. The van der Waals surface area contributed by atoms with Gasteiger partial charge < -0.3 is 14.2 Å². The average molecular weight is 410 g/mol.